The number of sulfonamides is 1. The van der Waals surface area contributed by atoms with E-state index in [1.807, 2.05) is 6.92 Å². The fourth-order valence-electron chi connectivity index (χ4n) is 3.47. The number of hydrogen-bond donors (Lipinski definition) is 2. The van der Waals surface area contributed by atoms with E-state index in [1.165, 1.54) is 12.4 Å². The number of aromatic amines is 1. The van der Waals surface area contributed by atoms with Gasteiger partial charge < -0.3 is 5.73 Å². The summed E-state index contributed by atoms with van der Waals surface area (Å²) in [5.74, 6) is 0.501. The molecule has 6 nitrogen and oxygen atoms in total. The molecule has 0 radical (unpaired) electrons. The molecule has 1 aliphatic rings. The van der Waals surface area contributed by atoms with Gasteiger partial charge in [-0.1, -0.05) is 26.7 Å². The van der Waals surface area contributed by atoms with Gasteiger partial charge in [0.05, 0.1) is 6.20 Å². The van der Waals surface area contributed by atoms with Crippen LogP contribution in [-0.4, -0.2) is 41.5 Å². The lowest BCUT2D eigenvalue weighted by atomic mass is 9.76. The molecule has 2 unspecified atom stereocenters. The van der Waals surface area contributed by atoms with Gasteiger partial charge in [-0.2, -0.15) is 9.40 Å². The number of nitrogens with zero attached hydrogens (tertiary/aromatic N) is 2. The van der Waals surface area contributed by atoms with Crippen LogP contribution in [0.5, 0.6) is 0 Å². The zero-order valence-electron chi connectivity index (χ0n) is 12.9. The van der Waals surface area contributed by atoms with E-state index in [0.29, 0.717) is 19.0 Å². The monoisotopic (exact) mass is 314 g/mol. The Kier molecular flexibility index (Phi) is 5.06. The molecule has 2 rings (SSSR count). The lowest BCUT2D eigenvalue weighted by Gasteiger charge is -2.46. The summed E-state index contributed by atoms with van der Waals surface area (Å²) in [5, 5.41) is 6.37. The fraction of sp³-hybridized carbons (Fsp3) is 0.786. The third-order valence-corrected chi connectivity index (χ3v) is 6.43. The van der Waals surface area contributed by atoms with Crippen molar-refractivity contribution in [1.29, 1.82) is 0 Å². The van der Waals surface area contributed by atoms with Crippen LogP contribution in [0.1, 0.15) is 46.0 Å². The summed E-state index contributed by atoms with van der Waals surface area (Å²) < 4.78 is 27.6. The quantitative estimate of drug-likeness (QED) is 0.836. The predicted molar refractivity (Wildman–Crippen MR) is 82.2 cm³/mol. The van der Waals surface area contributed by atoms with Gasteiger partial charge >= 0.3 is 0 Å². The first-order chi connectivity index (χ1) is 9.96. The molecule has 2 atom stereocenters. The van der Waals surface area contributed by atoms with E-state index in [0.717, 1.165) is 32.1 Å². The fourth-order valence-corrected chi connectivity index (χ4v) is 5.28. The van der Waals surface area contributed by atoms with E-state index in [-0.39, 0.29) is 4.90 Å². The summed E-state index contributed by atoms with van der Waals surface area (Å²) in [5.41, 5.74) is 5.60. The molecule has 1 aliphatic carbocycles. The van der Waals surface area contributed by atoms with Crippen LogP contribution in [0.2, 0.25) is 0 Å². The molecule has 7 heteroatoms. The second-order valence-electron chi connectivity index (χ2n) is 6.14. The molecule has 0 spiro atoms. The second-order valence-corrected chi connectivity index (χ2v) is 8.00. The van der Waals surface area contributed by atoms with Gasteiger partial charge in [0.2, 0.25) is 10.0 Å². The van der Waals surface area contributed by atoms with Crippen molar-refractivity contribution in [1.82, 2.24) is 14.5 Å². The number of nitrogens with two attached hydrogens (primary N) is 1. The Morgan fingerprint density at radius 3 is 2.86 bits per heavy atom. The summed E-state index contributed by atoms with van der Waals surface area (Å²) in [7, 11) is -3.55. The molecule has 1 saturated carbocycles. The molecule has 3 N–H and O–H groups in total. The Morgan fingerprint density at radius 2 is 2.33 bits per heavy atom. The zero-order chi connectivity index (χ0) is 15.5. The molecule has 1 aromatic heterocycles. The molecule has 120 valence electrons. The number of aromatic nitrogens is 2. The highest BCUT2D eigenvalue weighted by molar-refractivity contribution is 7.89. The van der Waals surface area contributed by atoms with Crippen molar-refractivity contribution in [3.05, 3.63) is 12.4 Å². The third-order valence-electron chi connectivity index (χ3n) is 4.46. The summed E-state index contributed by atoms with van der Waals surface area (Å²) in [4.78, 5) is 0.224. The number of rotatable bonds is 6. The highest BCUT2D eigenvalue weighted by atomic mass is 32.2. The molecule has 1 fully saturated rings. The Balaban J connectivity index is 2.41. The lowest BCUT2D eigenvalue weighted by Crippen LogP contribution is -2.58. The van der Waals surface area contributed by atoms with E-state index in [4.69, 9.17) is 5.73 Å². The van der Waals surface area contributed by atoms with Gasteiger partial charge in [-0.05, 0) is 25.2 Å². The molecular formula is C14H26N4O2S. The first kappa shape index (κ1) is 16.5. The van der Waals surface area contributed by atoms with Crippen LogP contribution in [0.4, 0.5) is 0 Å². The van der Waals surface area contributed by atoms with Crippen molar-refractivity contribution >= 4 is 10.0 Å². The van der Waals surface area contributed by atoms with Crippen LogP contribution < -0.4 is 5.73 Å². The van der Waals surface area contributed by atoms with E-state index in [1.54, 1.807) is 4.31 Å². The smallest absolute Gasteiger partial charge is 0.246 e. The normalized spacial score (nSPS) is 27.1. The van der Waals surface area contributed by atoms with Crippen LogP contribution in [0.25, 0.3) is 0 Å². The average Bonchev–Trinajstić information content (AvgIpc) is 2.99. The molecule has 0 aromatic carbocycles. The van der Waals surface area contributed by atoms with E-state index < -0.39 is 15.6 Å². The van der Waals surface area contributed by atoms with Crippen molar-refractivity contribution in [2.24, 2.45) is 11.7 Å². The van der Waals surface area contributed by atoms with Crippen molar-refractivity contribution in [3.63, 3.8) is 0 Å². The Labute approximate surface area is 127 Å². The molecule has 0 saturated heterocycles. The summed E-state index contributed by atoms with van der Waals surface area (Å²) in [6, 6.07) is 0. The van der Waals surface area contributed by atoms with Gasteiger partial charge in [-0.15, -0.1) is 0 Å². The minimum absolute atomic E-state index is 0.224. The molecule has 0 amide bonds. The van der Waals surface area contributed by atoms with Crippen LogP contribution in [0, 0.1) is 5.92 Å². The highest BCUT2D eigenvalue weighted by Gasteiger charge is 2.45. The van der Waals surface area contributed by atoms with Crippen molar-refractivity contribution in [2.75, 3.05) is 13.1 Å². The number of nitrogens with one attached hydrogen (secondary N) is 1. The van der Waals surface area contributed by atoms with Crippen LogP contribution in [0.15, 0.2) is 17.3 Å². The first-order valence-corrected chi connectivity index (χ1v) is 9.12. The standard InChI is InChI=1S/C14H26N4O2S/c1-3-7-18(21(19,20)13-9-16-17-10-13)14(11-15)6-4-5-12(2)8-14/h9-10,12H,3-8,11,15H2,1-2H3,(H,16,17). The Bertz CT molecular complexity index is 543. The summed E-state index contributed by atoms with van der Waals surface area (Å²) in [6.07, 6.45) is 7.43. The van der Waals surface area contributed by atoms with Crippen molar-refractivity contribution in [3.8, 4) is 0 Å². The zero-order valence-corrected chi connectivity index (χ0v) is 13.7. The maximum atomic E-state index is 13.0. The van der Waals surface area contributed by atoms with Gasteiger partial charge in [0.15, 0.2) is 0 Å². The van der Waals surface area contributed by atoms with Gasteiger partial charge in [0.1, 0.15) is 4.90 Å². The minimum atomic E-state index is -3.55. The average molecular weight is 314 g/mol. The van der Waals surface area contributed by atoms with Gasteiger partial charge in [-0.3, -0.25) is 5.10 Å². The molecule has 1 heterocycles. The van der Waals surface area contributed by atoms with Gasteiger partial charge in [-0.25, -0.2) is 8.42 Å². The summed E-state index contributed by atoms with van der Waals surface area (Å²) >= 11 is 0. The third kappa shape index (κ3) is 3.14. The van der Waals surface area contributed by atoms with Gasteiger partial charge in [0.25, 0.3) is 0 Å². The maximum absolute atomic E-state index is 13.0. The number of H-pyrrole nitrogens is 1. The molecular weight excluding hydrogens is 288 g/mol. The van der Waals surface area contributed by atoms with E-state index >= 15 is 0 Å². The minimum Gasteiger partial charge on any atom is -0.329 e. The molecule has 21 heavy (non-hydrogen) atoms. The van der Waals surface area contributed by atoms with Crippen LogP contribution in [0.3, 0.4) is 0 Å². The molecule has 1 aromatic rings. The maximum Gasteiger partial charge on any atom is 0.246 e. The number of hydrogen-bond acceptors (Lipinski definition) is 4. The molecule has 0 bridgehead atoms. The highest BCUT2D eigenvalue weighted by Crippen LogP contribution is 2.39. The first-order valence-electron chi connectivity index (χ1n) is 7.68. The van der Waals surface area contributed by atoms with Gasteiger partial charge in [0, 0.05) is 24.8 Å². The van der Waals surface area contributed by atoms with Crippen molar-refractivity contribution < 1.29 is 8.42 Å². The topological polar surface area (TPSA) is 92.1 Å². The SMILES string of the molecule is CCCN(C1(CN)CCCC(C)C1)S(=O)(=O)c1cn[nH]c1. The predicted octanol–water partition coefficient (Wildman–Crippen LogP) is 1.72. The Morgan fingerprint density at radius 1 is 1.57 bits per heavy atom. The van der Waals surface area contributed by atoms with Crippen LogP contribution in [-0.2, 0) is 10.0 Å². The second kappa shape index (κ2) is 6.46. The molecule has 0 aliphatic heterocycles. The lowest BCUT2D eigenvalue weighted by molar-refractivity contribution is 0.108. The van der Waals surface area contributed by atoms with Crippen LogP contribution >= 0.6 is 0 Å². The summed E-state index contributed by atoms with van der Waals surface area (Å²) in [6.45, 7) is 5.04. The largest absolute Gasteiger partial charge is 0.329 e. The van der Waals surface area contributed by atoms with Crippen molar-refractivity contribution in [2.45, 2.75) is 56.4 Å². The van der Waals surface area contributed by atoms with E-state index in [9.17, 15) is 8.42 Å². The Hall–Kier alpha value is -0.920. The van der Waals surface area contributed by atoms with E-state index in [2.05, 4.69) is 17.1 Å².